The van der Waals surface area contributed by atoms with Crippen LogP contribution in [0.3, 0.4) is 0 Å². The fraction of sp³-hybridized carbons (Fsp3) is 0.333. The molecule has 0 saturated heterocycles. The Morgan fingerprint density at radius 3 is 2.65 bits per heavy atom. The van der Waals surface area contributed by atoms with Crippen molar-refractivity contribution in [1.29, 1.82) is 0 Å². The second kappa shape index (κ2) is 8.33. The van der Waals surface area contributed by atoms with Crippen LogP contribution >= 0.6 is 11.8 Å². The van der Waals surface area contributed by atoms with Gasteiger partial charge in [-0.3, -0.25) is 10.1 Å². The molecular weight excluding hydrogens is 314 g/mol. The van der Waals surface area contributed by atoms with Gasteiger partial charge in [0.1, 0.15) is 5.82 Å². The summed E-state index contributed by atoms with van der Waals surface area (Å²) in [4.78, 5) is 22.9. The third-order valence-electron chi connectivity index (χ3n) is 3.05. The normalized spacial score (nSPS) is 10.3. The molecule has 0 radical (unpaired) electrons. The predicted octanol–water partition coefficient (Wildman–Crippen LogP) is 1.34. The fourth-order valence-corrected chi connectivity index (χ4v) is 2.63. The number of hydrogen-bond donors (Lipinski definition) is 2. The first-order chi connectivity index (χ1) is 11.1. The topological polar surface area (TPSA) is 88.9 Å². The van der Waals surface area contributed by atoms with Gasteiger partial charge in [-0.25, -0.2) is 4.79 Å². The molecule has 0 bridgehead atoms. The van der Waals surface area contributed by atoms with Gasteiger partial charge in [-0.15, -0.1) is 10.2 Å². The molecule has 0 aliphatic heterocycles. The third kappa shape index (κ3) is 5.10. The monoisotopic (exact) mass is 333 g/mol. The summed E-state index contributed by atoms with van der Waals surface area (Å²) < 4.78 is 1.86. The summed E-state index contributed by atoms with van der Waals surface area (Å²) in [5.41, 5.74) is 1.15. The SMILES string of the molecule is CCNC(=O)NC(=O)CSc1nnc(Cc2ccccc2)n1C. The van der Waals surface area contributed by atoms with Gasteiger partial charge in [0.25, 0.3) is 0 Å². The second-order valence-corrected chi connectivity index (χ2v) is 5.76. The van der Waals surface area contributed by atoms with E-state index in [2.05, 4.69) is 20.8 Å². The number of hydrogen-bond acceptors (Lipinski definition) is 5. The van der Waals surface area contributed by atoms with Gasteiger partial charge < -0.3 is 9.88 Å². The van der Waals surface area contributed by atoms with E-state index in [4.69, 9.17) is 0 Å². The maximum atomic E-state index is 11.7. The Bertz CT molecular complexity index is 672. The molecule has 0 saturated carbocycles. The number of benzene rings is 1. The molecule has 0 unspecified atom stereocenters. The standard InChI is InChI=1S/C15H19N5O2S/c1-3-16-14(22)17-13(21)10-23-15-19-18-12(20(15)2)9-11-7-5-4-6-8-11/h4-8H,3,9-10H2,1-2H3,(H2,16,17,21,22). The molecule has 3 amide bonds. The van der Waals surface area contributed by atoms with Crippen molar-refractivity contribution >= 4 is 23.7 Å². The lowest BCUT2D eigenvalue weighted by atomic mass is 10.1. The number of imide groups is 1. The molecule has 2 N–H and O–H groups in total. The van der Waals surface area contributed by atoms with Crippen LogP contribution in [0.4, 0.5) is 4.79 Å². The molecule has 0 fully saturated rings. The molecule has 122 valence electrons. The van der Waals surface area contributed by atoms with Gasteiger partial charge in [-0.05, 0) is 12.5 Å². The minimum atomic E-state index is -0.485. The van der Waals surface area contributed by atoms with Crippen LogP contribution in [0.1, 0.15) is 18.3 Å². The summed E-state index contributed by atoms with van der Waals surface area (Å²) in [5.74, 6) is 0.561. The van der Waals surface area contributed by atoms with Crippen molar-refractivity contribution in [3.63, 3.8) is 0 Å². The van der Waals surface area contributed by atoms with E-state index in [-0.39, 0.29) is 11.7 Å². The number of amides is 3. The van der Waals surface area contributed by atoms with Crippen molar-refractivity contribution in [2.45, 2.75) is 18.5 Å². The van der Waals surface area contributed by atoms with Crippen molar-refractivity contribution in [1.82, 2.24) is 25.4 Å². The van der Waals surface area contributed by atoms with Gasteiger partial charge in [0, 0.05) is 20.0 Å². The van der Waals surface area contributed by atoms with Crippen LogP contribution in [0.15, 0.2) is 35.5 Å². The molecule has 1 aromatic carbocycles. The molecule has 2 rings (SSSR count). The van der Waals surface area contributed by atoms with Crippen molar-refractivity contribution in [3.05, 3.63) is 41.7 Å². The highest BCUT2D eigenvalue weighted by atomic mass is 32.2. The van der Waals surface area contributed by atoms with Crippen LogP contribution in [0.2, 0.25) is 0 Å². The average molecular weight is 333 g/mol. The maximum absolute atomic E-state index is 11.7. The smallest absolute Gasteiger partial charge is 0.321 e. The number of rotatable bonds is 6. The van der Waals surface area contributed by atoms with E-state index in [0.29, 0.717) is 18.1 Å². The minimum Gasteiger partial charge on any atom is -0.338 e. The van der Waals surface area contributed by atoms with Gasteiger partial charge in [-0.2, -0.15) is 0 Å². The first kappa shape index (κ1) is 17.0. The van der Waals surface area contributed by atoms with Crippen LogP contribution in [-0.4, -0.2) is 39.0 Å². The highest BCUT2D eigenvalue weighted by Gasteiger charge is 2.13. The molecule has 1 heterocycles. The Morgan fingerprint density at radius 1 is 1.22 bits per heavy atom. The first-order valence-electron chi connectivity index (χ1n) is 7.22. The number of carbonyl (C=O) groups excluding carboxylic acids is 2. The lowest BCUT2D eigenvalue weighted by molar-refractivity contribution is -0.117. The highest BCUT2D eigenvalue weighted by molar-refractivity contribution is 7.99. The number of thioether (sulfide) groups is 1. The van der Waals surface area contributed by atoms with E-state index in [9.17, 15) is 9.59 Å². The van der Waals surface area contributed by atoms with Gasteiger partial charge in [-0.1, -0.05) is 42.1 Å². The van der Waals surface area contributed by atoms with E-state index in [1.54, 1.807) is 6.92 Å². The zero-order valence-corrected chi connectivity index (χ0v) is 13.9. The molecule has 0 aliphatic rings. The average Bonchev–Trinajstić information content (AvgIpc) is 2.87. The molecule has 2 aromatic rings. The summed E-state index contributed by atoms with van der Waals surface area (Å²) >= 11 is 1.24. The largest absolute Gasteiger partial charge is 0.338 e. The molecule has 0 atom stereocenters. The van der Waals surface area contributed by atoms with Crippen molar-refractivity contribution in [2.75, 3.05) is 12.3 Å². The number of carbonyl (C=O) groups is 2. The second-order valence-electron chi connectivity index (χ2n) is 4.82. The summed E-state index contributed by atoms with van der Waals surface area (Å²) in [6, 6.07) is 9.50. The number of aromatic nitrogens is 3. The van der Waals surface area contributed by atoms with E-state index in [1.165, 1.54) is 11.8 Å². The van der Waals surface area contributed by atoms with Gasteiger partial charge in [0.05, 0.1) is 5.75 Å². The van der Waals surface area contributed by atoms with Crippen molar-refractivity contribution < 1.29 is 9.59 Å². The highest BCUT2D eigenvalue weighted by Crippen LogP contribution is 2.17. The van der Waals surface area contributed by atoms with Gasteiger partial charge >= 0.3 is 6.03 Å². The molecular formula is C15H19N5O2S. The van der Waals surface area contributed by atoms with E-state index in [0.717, 1.165) is 11.4 Å². The Balaban J connectivity index is 1.89. The van der Waals surface area contributed by atoms with Crippen LogP contribution in [0.25, 0.3) is 0 Å². The van der Waals surface area contributed by atoms with Gasteiger partial charge in [0.2, 0.25) is 5.91 Å². The Labute approximate surface area is 138 Å². The molecule has 1 aromatic heterocycles. The summed E-state index contributed by atoms with van der Waals surface area (Å²) in [6.07, 6.45) is 0.677. The summed E-state index contributed by atoms with van der Waals surface area (Å²) in [6.45, 7) is 2.25. The van der Waals surface area contributed by atoms with Crippen molar-refractivity contribution in [3.8, 4) is 0 Å². The summed E-state index contributed by atoms with van der Waals surface area (Å²) in [5, 5.41) is 13.6. The minimum absolute atomic E-state index is 0.106. The Kier molecular flexibility index (Phi) is 6.16. The number of nitrogens with one attached hydrogen (secondary N) is 2. The summed E-state index contributed by atoms with van der Waals surface area (Å²) in [7, 11) is 1.86. The molecule has 0 spiro atoms. The molecule has 8 heteroatoms. The molecule has 7 nitrogen and oxygen atoms in total. The van der Waals surface area contributed by atoms with Crippen LogP contribution in [0, 0.1) is 0 Å². The van der Waals surface area contributed by atoms with Crippen LogP contribution in [-0.2, 0) is 18.3 Å². The maximum Gasteiger partial charge on any atom is 0.321 e. The zero-order valence-electron chi connectivity index (χ0n) is 13.1. The van der Waals surface area contributed by atoms with E-state index in [1.807, 2.05) is 41.9 Å². The third-order valence-corrected chi connectivity index (χ3v) is 4.07. The Morgan fingerprint density at radius 2 is 1.96 bits per heavy atom. The van der Waals surface area contributed by atoms with Crippen LogP contribution < -0.4 is 10.6 Å². The van der Waals surface area contributed by atoms with E-state index < -0.39 is 6.03 Å². The lowest BCUT2D eigenvalue weighted by Gasteiger charge is -2.05. The zero-order chi connectivity index (χ0) is 16.7. The fourth-order valence-electron chi connectivity index (χ4n) is 1.90. The quantitative estimate of drug-likeness (QED) is 0.779. The Hall–Kier alpha value is -2.35. The first-order valence-corrected chi connectivity index (χ1v) is 8.21. The molecule has 23 heavy (non-hydrogen) atoms. The molecule has 0 aliphatic carbocycles. The van der Waals surface area contributed by atoms with Gasteiger partial charge in [0.15, 0.2) is 5.16 Å². The predicted molar refractivity (Wildman–Crippen MR) is 88.2 cm³/mol. The van der Waals surface area contributed by atoms with E-state index >= 15 is 0 Å². The number of nitrogens with zero attached hydrogens (tertiary/aromatic N) is 3. The van der Waals surface area contributed by atoms with Crippen molar-refractivity contribution in [2.24, 2.45) is 7.05 Å². The number of urea groups is 1. The van der Waals surface area contributed by atoms with Crippen LogP contribution in [0.5, 0.6) is 0 Å². The lowest BCUT2D eigenvalue weighted by Crippen LogP contribution is -2.40.